The summed E-state index contributed by atoms with van der Waals surface area (Å²) in [5, 5.41) is 8.03. The number of nitrogens with one attached hydrogen (secondary N) is 1. The van der Waals surface area contributed by atoms with Crippen molar-refractivity contribution >= 4 is 16.8 Å². The third-order valence-corrected chi connectivity index (χ3v) is 4.41. The Morgan fingerprint density at radius 3 is 2.58 bits per heavy atom. The van der Waals surface area contributed by atoms with E-state index in [1.54, 1.807) is 19.1 Å². The zero-order valence-electron chi connectivity index (χ0n) is 15.5. The van der Waals surface area contributed by atoms with Crippen molar-refractivity contribution < 1.29 is 14.3 Å². The van der Waals surface area contributed by atoms with Gasteiger partial charge in [0.25, 0.3) is 5.91 Å². The Morgan fingerprint density at radius 2 is 1.88 bits per heavy atom. The Labute approximate surface area is 152 Å². The number of hydrogen-bond acceptors (Lipinski definition) is 4. The summed E-state index contributed by atoms with van der Waals surface area (Å²) < 4.78 is 10.6. The Bertz CT molecular complexity index is 933. The lowest BCUT2D eigenvalue weighted by Crippen LogP contribution is -2.30. The lowest BCUT2D eigenvalue weighted by molar-refractivity contribution is 0.0748. The molecule has 6 nitrogen and oxygen atoms in total. The molecule has 136 valence electrons. The van der Waals surface area contributed by atoms with Crippen LogP contribution in [0.25, 0.3) is 10.9 Å². The molecule has 26 heavy (non-hydrogen) atoms. The fourth-order valence-electron chi connectivity index (χ4n) is 2.97. The minimum absolute atomic E-state index is 0.0980. The molecule has 0 atom stereocenters. The Hall–Kier alpha value is -3.02. The SMILES string of the molecule is CCN(Cc1ccc(OC)c(OC)c1)C(=O)c1n[nH]c2ccc(C)cc12. The first-order valence-electron chi connectivity index (χ1n) is 8.52. The average molecular weight is 353 g/mol. The van der Waals surface area contributed by atoms with Crippen LogP contribution in [0.2, 0.25) is 0 Å². The van der Waals surface area contributed by atoms with Crippen LogP contribution in [0.1, 0.15) is 28.5 Å². The lowest BCUT2D eigenvalue weighted by atomic mass is 10.1. The van der Waals surface area contributed by atoms with Crippen molar-refractivity contribution in [1.29, 1.82) is 0 Å². The molecular formula is C20H23N3O3. The van der Waals surface area contributed by atoms with Gasteiger partial charge in [-0.15, -0.1) is 0 Å². The number of aromatic amines is 1. The molecule has 0 unspecified atom stereocenters. The summed E-state index contributed by atoms with van der Waals surface area (Å²) in [5.41, 5.74) is 3.37. The van der Waals surface area contributed by atoms with E-state index in [1.807, 2.05) is 50.2 Å². The first kappa shape index (κ1) is 17.8. The van der Waals surface area contributed by atoms with Crippen LogP contribution in [-0.4, -0.2) is 41.8 Å². The number of nitrogens with zero attached hydrogens (tertiary/aromatic N) is 2. The predicted octanol–water partition coefficient (Wildman–Crippen LogP) is 3.55. The third-order valence-electron chi connectivity index (χ3n) is 4.41. The summed E-state index contributed by atoms with van der Waals surface area (Å²) in [5.74, 6) is 1.22. The maximum atomic E-state index is 13.0. The number of methoxy groups -OCH3 is 2. The highest BCUT2D eigenvalue weighted by molar-refractivity contribution is 6.04. The second kappa shape index (κ2) is 7.47. The van der Waals surface area contributed by atoms with Gasteiger partial charge < -0.3 is 14.4 Å². The van der Waals surface area contributed by atoms with Gasteiger partial charge in [-0.3, -0.25) is 9.89 Å². The molecule has 1 aromatic heterocycles. The van der Waals surface area contributed by atoms with E-state index in [1.165, 1.54) is 0 Å². The van der Waals surface area contributed by atoms with Gasteiger partial charge >= 0.3 is 0 Å². The molecule has 1 N–H and O–H groups in total. The van der Waals surface area contributed by atoms with E-state index in [0.29, 0.717) is 30.3 Å². The summed E-state index contributed by atoms with van der Waals surface area (Å²) in [6.45, 7) is 5.00. The minimum atomic E-state index is -0.0980. The first-order valence-corrected chi connectivity index (χ1v) is 8.52. The summed E-state index contributed by atoms with van der Waals surface area (Å²) >= 11 is 0. The highest BCUT2D eigenvalue weighted by Crippen LogP contribution is 2.28. The fraction of sp³-hybridized carbons (Fsp3) is 0.300. The van der Waals surface area contributed by atoms with Crippen LogP contribution in [0.3, 0.4) is 0 Å². The zero-order valence-corrected chi connectivity index (χ0v) is 15.5. The molecule has 0 fully saturated rings. The van der Waals surface area contributed by atoms with Crippen LogP contribution >= 0.6 is 0 Å². The van der Waals surface area contributed by atoms with Crippen molar-refractivity contribution in [2.75, 3.05) is 20.8 Å². The van der Waals surface area contributed by atoms with Crippen LogP contribution in [0.15, 0.2) is 36.4 Å². The summed E-state index contributed by atoms with van der Waals surface area (Å²) in [6.07, 6.45) is 0. The number of amides is 1. The molecule has 0 bridgehead atoms. The van der Waals surface area contributed by atoms with Gasteiger partial charge in [0, 0.05) is 18.5 Å². The van der Waals surface area contributed by atoms with E-state index in [-0.39, 0.29) is 5.91 Å². The number of rotatable bonds is 6. The maximum absolute atomic E-state index is 13.0. The van der Waals surface area contributed by atoms with E-state index in [4.69, 9.17) is 9.47 Å². The highest BCUT2D eigenvalue weighted by atomic mass is 16.5. The molecule has 0 aliphatic rings. The van der Waals surface area contributed by atoms with E-state index in [9.17, 15) is 4.79 Å². The minimum Gasteiger partial charge on any atom is -0.493 e. The van der Waals surface area contributed by atoms with Gasteiger partial charge in [0.2, 0.25) is 0 Å². The first-order chi connectivity index (χ1) is 12.6. The standard InChI is InChI=1S/C20H23N3O3/c1-5-23(12-14-7-9-17(25-3)18(11-14)26-4)20(24)19-15-10-13(2)6-8-16(15)21-22-19/h6-11H,5,12H2,1-4H3,(H,21,22). The number of hydrogen-bond donors (Lipinski definition) is 1. The van der Waals surface area contributed by atoms with Crippen LogP contribution < -0.4 is 9.47 Å². The summed E-state index contributed by atoms with van der Waals surface area (Å²) in [7, 11) is 3.20. The van der Waals surface area contributed by atoms with Crippen LogP contribution in [0.5, 0.6) is 11.5 Å². The molecule has 6 heteroatoms. The van der Waals surface area contributed by atoms with E-state index in [2.05, 4.69) is 10.2 Å². The molecule has 0 saturated heterocycles. The van der Waals surface area contributed by atoms with Crippen molar-refractivity contribution in [2.45, 2.75) is 20.4 Å². The Balaban J connectivity index is 1.88. The number of aromatic nitrogens is 2. The van der Waals surface area contributed by atoms with Crippen LogP contribution in [0.4, 0.5) is 0 Å². The van der Waals surface area contributed by atoms with Crippen LogP contribution in [-0.2, 0) is 6.54 Å². The maximum Gasteiger partial charge on any atom is 0.275 e. The lowest BCUT2D eigenvalue weighted by Gasteiger charge is -2.21. The number of fused-ring (bicyclic) bond motifs is 1. The van der Waals surface area contributed by atoms with Crippen molar-refractivity contribution in [3.8, 4) is 11.5 Å². The van der Waals surface area contributed by atoms with Gasteiger partial charge in [-0.2, -0.15) is 5.10 Å². The molecule has 2 aromatic carbocycles. The fourth-order valence-corrected chi connectivity index (χ4v) is 2.97. The molecule has 0 saturated carbocycles. The number of ether oxygens (including phenoxy) is 2. The van der Waals surface area contributed by atoms with Crippen molar-refractivity contribution in [3.05, 3.63) is 53.2 Å². The quantitative estimate of drug-likeness (QED) is 0.736. The summed E-state index contributed by atoms with van der Waals surface area (Å²) in [4.78, 5) is 14.8. The normalized spacial score (nSPS) is 10.8. The van der Waals surface area contributed by atoms with Gasteiger partial charge in [0.1, 0.15) is 0 Å². The number of carbonyl (C=O) groups excluding carboxylic acids is 1. The van der Waals surface area contributed by atoms with Crippen molar-refractivity contribution in [2.24, 2.45) is 0 Å². The second-order valence-corrected chi connectivity index (χ2v) is 6.13. The highest BCUT2D eigenvalue weighted by Gasteiger charge is 2.20. The molecule has 0 aliphatic heterocycles. The molecule has 3 aromatic rings. The molecule has 3 rings (SSSR count). The van der Waals surface area contributed by atoms with Crippen molar-refractivity contribution in [1.82, 2.24) is 15.1 Å². The molecule has 0 spiro atoms. The zero-order chi connectivity index (χ0) is 18.7. The van der Waals surface area contributed by atoms with Gasteiger partial charge in [0.05, 0.1) is 19.7 Å². The van der Waals surface area contributed by atoms with Crippen LogP contribution in [0, 0.1) is 6.92 Å². The Kier molecular flexibility index (Phi) is 5.11. The van der Waals surface area contributed by atoms with Gasteiger partial charge in [0.15, 0.2) is 17.2 Å². The average Bonchev–Trinajstić information content (AvgIpc) is 3.08. The number of H-pyrrole nitrogens is 1. The topological polar surface area (TPSA) is 67.5 Å². The largest absolute Gasteiger partial charge is 0.493 e. The predicted molar refractivity (Wildman–Crippen MR) is 101 cm³/mol. The molecular weight excluding hydrogens is 330 g/mol. The van der Waals surface area contributed by atoms with E-state index in [0.717, 1.165) is 22.0 Å². The van der Waals surface area contributed by atoms with Crippen molar-refractivity contribution in [3.63, 3.8) is 0 Å². The smallest absolute Gasteiger partial charge is 0.275 e. The van der Waals surface area contributed by atoms with Gasteiger partial charge in [-0.25, -0.2) is 0 Å². The molecule has 1 amide bonds. The molecule has 0 aliphatic carbocycles. The van der Waals surface area contributed by atoms with E-state index >= 15 is 0 Å². The molecule has 1 heterocycles. The molecule has 0 radical (unpaired) electrons. The number of benzene rings is 2. The van der Waals surface area contributed by atoms with Gasteiger partial charge in [-0.1, -0.05) is 17.7 Å². The monoisotopic (exact) mass is 353 g/mol. The van der Waals surface area contributed by atoms with E-state index < -0.39 is 0 Å². The number of carbonyl (C=O) groups is 1. The van der Waals surface area contributed by atoms with Gasteiger partial charge in [-0.05, 0) is 43.7 Å². The third kappa shape index (κ3) is 3.35. The number of aryl methyl sites for hydroxylation is 1. The second-order valence-electron chi connectivity index (χ2n) is 6.13. The Morgan fingerprint density at radius 1 is 1.12 bits per heavy atom. The summed E-state index contributed by atoms with van der Waals surface area (Å²) in [6, 6.07) is 11.6.